The van der Waals surface area contributed by atoms with Gasteiger partial charge in [-0.15, -0.1) is 0 Å². The van der Waals surface area contributed by atoms with Gasteiger partial charge in [0.25, 0.3) is 0 Å². The molecule has 0 N–H and O–H groups in total. The Morgan fingerprint density at radius 2 is 1.46 bits per heavy atom. The highest BCUT2D eigenvalue weighted by atomic mass is 15.1. The van der Waals surface area contributed by atoms with Gasteiger partial charge in [0, 0.05) is 29.6 Å². The van der Waals surface area contributed by atoms with Crippen LogP contribution in [0.1, 0.15) is 22.3 Å². The van der Waals surface area contributed by atoms with E-state index >= 15 is 0 Å². The predicted octanol–water partition coefficient (Wildman–Crippen LogP) is 6.73. The van der Waals surface area contributed by atoms with Gasteiger partial charge in [-0.05, 0) is 80.6 Å². The lowest BCUT2D eigenvalue weighted by atomic mass is 9.95. The molecule has 2 aliphatic rings. The first-order valence-electron chi connectivity index (χ1n) is 12.1. The molecule has 0 amide bonds. The van der Waals surface area contributed by atoms with E-state index < -0.39 is 0 Å². The third-order valence-electron chi connectivity index (χ3n) is 7.97. The number of fused-ring (bicyclic) bond motifs is 16. The average molecular weight is 447 g/mol. The molecule has 35 heavy (non-hydrogen) atoms. The van der Waals surface area contributed by atoms with Crippen LogP contribution in [0.25, 0.3) is 60.9 Å². The molecule has 162 valence electrons. The average Bonchev–Trinajstić information content (AvgIpc) is 3.59. The molecule has 0 bridgehead atoms. The lowest BCUT2D eigenvalue weighted by molar-refractivity contribution is 1.22. The summed E-state index contributed by atoms with van der Waals surface area (Å²) in [5, 5.41) is 3.57. The van der Waals surface area contributed by atoms with Gasteiger partial charge in [0.15, 0.2) is 5.65 Å². The summed E-state index contributed by atoms with van der Waals surface area (Å²) in [5.41, 5.74) is 14.8. The molecular weight excluding hydrogens is 428 g/mol. The van der Waals surface area contributed by atoms with E-state index in [1.54, 1.807) is 0 Å². The Hall–Kier alpha value is -4.57. The highest BCUT2D eigenvalue weighted by Crippen LogP contribution is 2.50. The SMILES string of the molecule is c1ccc2c(c1)Cc1ccc3c(c1-2)Cc1c-3ccc2c3cccnc3n3c4cccnc4nc3c12. The second-order valence-electron chi connectivity index (χ2n) is 9.64. The first kappa shape index (κ1) is 17.8. The van der Waals surface area contributed by atoms with E-state index in [2.05, 4.69) is 70.0 Å². The van der Waals surface area contributed by atoms with Crippen molar-refractivity contribution in [3.63, 3.8) is 0 Å². The minimum absolute atomic E-state index is 0.759. The van der Waals surface area contributed by atoms with Crippen LogP contribution < -0.4 is 0 Å². The first-order valence-corrected chi connectivity index (χ1v) is 12.1. The van der Waals surface area contributed by atoms with Crippen LogP contribution in [-0.4, -0.2) is 19.4 Å². The third kappa shape index (κ3) is 2.11. The van der Waals surface area contributed by atoms with Gasteiger partial charge in [-0.25, -0.2) is 15.0 Å². The van der Waals surface area contributed by atoms with Crippen LogP contribution in [0.4, 0.5) is 0 Å². The Balaban J connectivity index is 1.44. The van der Waals surface area contributed by atoms with Crippen molar-refractivity contribution in [1.29, 1.82) is 0 Å². The minimum atomic E-state index is 0.759. The summed E-state index contributed by atoms with van der Waals surface area (Å²) in [7, 11) is 0. The topological polar surface area (TPSA) is 43.1 Å². The molecule has 0 spiro atoms. The summed E-state index contributed by atoms with van der Waals surface area (Å²) in [6, 6.07) is 26.4. The van der Waals surface area contributed by atoms with Gasteiger partial charge in [-0.1, -0.05) is 48.5 Å². The van der Waals surface area contributed by atoms with E-state index in [-0.39, 0.29) is 0 Å². The van der Waals surface area contributed by atoms with Crippen molar-refractivity contribution in [3.05, 3.63) is 107 Å². The molecular formula is C31H18N4. The largest absolute Gasteiger partial charge is 0.274 e. The fourth-order valence-corrected chi connectivity index (χ4v) is 6.56. The first-order chi connectivity index (χ1) is 17.4. The zero-order chi connectivity index (χ0) is 22.7. The smallest absolute Gasteiger partial charge is 0.178 e. The molecule has 4 nitrogen and oxygen atoms in total. The standard InChI is InChI=1S/C31H18N4/c1-2-6-19-17(5-1)15-18-9-10-20-21-11-12-22-23-7-3-14-33-30(23)35-26-8-4-13-32-29(26)34-31(35)28(22)25(21)16-24(20)27(18)19/h1-14H,15-16H2. The molecule has 0 radical (unpaired) electrons. The fourth-order valence-electron chi connectivity index (χ4n) is 6.56. The summed E-state index contributed by atoms with van der Waals surface area (Å²) < 4.78 is 2.20. The monoisotopic (exact) mass is 446 g/mol. The molecule has 0 unspecified atom stereocenters. The van der Waals surface area contributed by atoms with Crippen molar-refractivity contribution in [2.24, 2.45) is 0 Å². The Kier molecular flexibility index (Phi) is 3.11. The highest BCUT2D eigenvalue weighted by Gasteiger charge is 2.30. The van der Waals surface area contributed by atoms with Crippen molar-refractivity contribution in [2.75, 3.05) is 0 Å². The molecule has 0 aliphatic heterocycles. The van der Waals surface area contributed by atoms with E-state index in [1.807, 2.05) is 24.5 Å². The van der Waals surface area contributed by atoms with E-state index in [4.69, 9.17) is 9.97 Å². The number of imidazole rings is 1. The maximum Gasteiger partial charge on any atom is 0.178 e. The summed E-state index contributed by atoms with van der Waals surface area (Å²) in [4.78, 5) is 14.4. The Morgan fingerprint density at radius 3 is 2.46 bits per heavy atom. The summed E-state index contributed by atoms with van der Waals surface area (Å²) >= 11 is 0. The van der Waals surface area contributed by atoms with Gasteiger partial charge in [-0.2, -0.15) is 0 Å². The number of benzene rings is 3. The van der Waals surface area contributed by atoms with Crippen molar-refractivity contribution in [2.45, 2.75) is 12.8 Å². The van der Waals surface area contributed by atoms with E-state index in [1.165, 1.54) is 55.3 Å². The maximum absolute atomic E-state index is 5.05. The predicted molar refractivity (Wildman–Crippen MR) is 140 cm³/mol. The van der Waals surface area contributed by atoms with Crippen LogP contribution in [0.5, 0.6) is 0 Å². The Labute approximate surface area is 200 Å². The fraction of sp³-hybridized carbons (Fsp3) is 0.0645. The number of hydrogen-bond acceptors (Lipinski definition) is 3. The molecule has 3 aromatic carbocycles. The van der Waals surface area contributed by atoms with Crippen LogP contribution in [-0.2, 0) is 12.8 Å². The number of pyridine rings is 3. The zero-order valence-electron chi connectivity index (χ0n) is 18.8. The molecule has 0 fully saturated rings. The van der Waals surface area contributed by atoms with Crippen LogP contribution in [0.3, 0.4) is 0 Å². The maximum atomic E-state index is 5.05. The number of rotatable bonds is 0. The Morgan fingerprint density at radius 1 is 0.600 bits per heavy atom. The summed E-state index contributed by atoms with van der Waals surface area (Å²) in [6.45, 7) is 0. The van der Waals surface area contributed by atoms with Crippen molar-refractivity contribution in [1.82, 2.24) is 19.4 Å². The quantitative estimate of drug-likeness (QED) is 0.243. The molecule has 7 aromatic rings. The van der Waals surface area contributed by atoms with Gasteiger partial charge < -0.3 is 0 Å². The molecule has 4 heterocycles. The van der Waals surface area contributed by atoms with Crippen LogP contribution in [0.15, 0.2) is 85.2 Å². The van der Waals surface area contributed by atoms with E-state index in [0.717, 1.165) is 40.7 Å². The van der Waals surface area contributed by atoms with Gasteiger partial charge in [0.05, 0.1) is 5.52 Å². The van der Waals surface area contributed by atoms with Crippen LogP contribution in [0.2, 0.25) is 0 Å². The van der Waals surface area contributed by atoms with Gasteiger partial charge in [0.1, 0.15) is 11.3 Å². The highest BCUT2D eigenvalue weighted by molar-refractivity contribution is 6.16. The summed E-state index contributed by atoms with van der Waals surface area (Å²) in [6.07, 6.45) is 5.61. The lowest BCUT2D eigenvalue weighted by Gasteiger charge is -2.11. The summed E-state index contributed by atoms with van der Waals surface area (Å²) in [5.74, 6) is 0. The minimum Gasteiger partial charge on any atom is -0.274 e. The molecule has 0 atom stereocenters. The van der Waals surface area contributed by atoms with E-state index in [9.17, 15) is 0 Å². The number of aromatic nitrogens is 4. The van der Waals surface area contributed by atoms with Gasteiger partial charge in [0.2, 0.25) is 0 Å². The van der Waals surface area contributed by atoms with Crippen LogP contribution >= 0.6 is 0 Å². The molecule has 9 rings (SSSR count). The Bertz CT molecular complexity index is 2070. The normalized spacial score (nSPS) is 13.5. The zero-order valence-corrected chi connectivity index (χ0v) is 18.8. The second-order valence-corrected chi connectivity index (χ2v) is 9.64. The molecule has 0 saturated heterocycles. The molecule has 2 aliphatic carbocycles. The van der Waals surface area contributed by atoms with E-state index in [0.29, 0.717) is 0 Å². The van der Waals surface area contributed by atoms with Crippen molar-refractivity contribution < 1.29 is 0 Å². The number of hydrogen-bond donors (Lipinski definition) is 0. The number of nitrogens with zero attached hydrogens (tertiary/aromatic N) is 4. The molecule has 4 aromatic heterocycles. The van der Waals surface area contributed by atoms with Gasteiger partial charge >= 0.3 is 0 Å². The second kappa shape index (κ2) is 6.10. The van der Waals surface area contributed by atoms with Gasteiger partial charge in [-0.3, -0.25) is 4.40 Å². The van der Waals surface area contributed by atoms with Crippen molar-refractivity contribution >= 4 is 38.6 Å². The molecule has 4 heteroatoms. The van der Waals surface area contributed by atoms with Crippen molar-refractivity contribution in [3.8, 4) is 22.3 Å². The van der Waals surface area contributed by atoms with Crippen LogP contribution in [0, 0.1) is 0 Å². The lowest BCUT2D eigenvalue weighted by Crippen LogP contribution is -1.96. The third-order valence-corrected chi connectivity index (χ3v) is 7.97. The molecule has 0 saturated carbocycles.